The second-order valence-electron chi connectivity index (χ2n) is 2.69. The molecule has 1 rings (SSSR count). The fourth-order valence-electron chi connectivity index (χ4n) is 1.05. The number of halogens is 3. The molecule has 0 aliphatic rings. The van der Waals surface area contributed by atoms with Crippen LogP contribution in [0.1, 0.15) is 28.0 Å². The number of aromatic carboxylic acids is 1. The zero-order valence-electron chi connectivity index (χ0n) is 7.26. The van der Waals surface area contributed by atoms with E-state index in [0.717, 1.165) is 6.07 Å². The second kappa shape index (κ2) is 4.39. The lowest BCUT2D eigenvalue weighted by Gasteiger charge is -2.05. The highest BCUT2D eigenvalue weighted by atomic mass is 35.5. The van der Waals surface area contributed by atoms with Gasteiger partial charge in [0.25, 0.3) is 12.0 Å². The van der Waals surface area contributed by atoms with E-state index < -0.39 is 29.2 Å². The molecule has 0 saturated carbocycles. The fourth-order valence-corrected chi connectivity index (χ4v) is 1.26. The van der Waals surface area contributed by atoms with Crippen LogP contribution >= 0.6 is 11.6 Å². The summed E-state index contributed by atoms with van der Waals surface area (Å²) in [5, 5.41) is 8.63. The molecular weight excluding hydrogens is 232 g/mol. The number of carboxylic acids is 1. The van der Waals surface area contributed by atoms with Crippen LogP contribution in [-0.4, -0.2) is 16.1 Å². The van der Waals surface area contributed by atoms with Gasteiger partial charge in [-0.05, 0) is 11.6 Å². The van der Waals surface area contributed by atoms with Crippen LogP contribution in [0.2, 0.25) is 0 Å². The normalized spacial score (nSPS) is 10.7. The van der Waals surface area contributed by atoms with Crippen molar-refractivity contribution in [2.45, 2.75) is 12.3 Å². The van der Waals surface area contributed by atoms with Crippen LogP contribution in [0.3, 0.4) is 0 Å². The number of carboxylic acid groups (broad SMARTS) is 1. The Morgan fingerprint density at radius 3 is 2.60 bits per heavy atom. The van der Waals surface area contributed by atoms with Gasteiger partial charge in [-0.2, -0.15) is 0 Å². The predicted molar refractivity (Wildman–Crippen MR) is 48.5 cm³/mol. The van der Waals surface area contributed by atoms with Gasteiger partial charge < -0.3 is 10.1 Å². The van der Waals surface area contributed by atoms with Crippen molar-refractivity contribution in [1.82, 2.24) is 4.98 Å². The number of aromatic amines is 1. The first kappa shape index (κ1) is 11.6. The van der Waals surface area contributed by atoms with E-state index in [9.17, 15) is 18.4 Å². The summed E-state index contributed by atoms with van der Waals surface area (Å²) in [7, 11) is 0. The third-order valence-electron chi connectivity index (χ3n) is 1.74. The molecule has 0 saturated heterocycles. The van der Waals surface area contributed by atoms with Gasteiger partial charge in [0.15, 0.2) is 0 Å². The third-order valence-corrected chi connectivity index (χ3v) is 2.03. The van der Waals surface area contributed by atoms with Gasteiger partial charge in [0.05, 0.1) is 5.56 Å². The minimum atomic E-state index is -2.96. The van der Waals surface area contributed by atoms with E-state index in [0.29, 0.717) is 0 Å². The van der Waals surface area contributed by atoms with Crippen molar-refractivity contribution < 1.29 is 18.7 Å². The van der Waals surface area contributed by atoms with E-state index in [4.69, 9.17) is 16.7 Å². The maximum absolute atomic E-state index is 12.3. The molecule has 1 aromatic heterocycles. The highest BCUT2D eigenvalue weighted by Crippen LogP contribution is 2.18. The van der Waals surface area contributed by atoms with Crippen LogP contribution < -0.4 is 5.56 Å². The maximum Gasteiger partial charge on any atom is 0.352 e. The molecule has 0 spiro atoms. The highest BCUT2D eigenvalue weighted by Gasteiger charge is 2.18. The summed E-state index contributed by atoms with van der Waals surface area (Å²) in [6.45, 7) is 0. The lowest BCUT2D eigenvalue weighted by atomic mass is 10.1. The summed E-state index contributed by atoms with van der Waals surface area (Å²) in [6, 6.07) is 0.806. The summed E-state index contributed by atoms with van der Waals surface area (Å²) < 4.78 is 24.5. The van der Waals surface area contributed by atoms with Gasteiger partial charge in [-0.3, -0.25) is 4.79 Å². The maximum atomic E-state index is 12.3. The van der Waals surface area contributed by atoms with Crippen LogP contribution in [0.25, 0.3) is 0 Å². The van der Waals surface area contributed by atoms with Gasteiger partial charge in [0.2, 0.25) is 0 Å². The van der Waals surface area contributed by atoms with Crippen molar-refractivity contribution in [3.05, 3.63) is 33.2 Å². The first-order valence-corrected chi connectivity index (χ1v) is 4.34. The van der Waals surface area contributed by atoms with E-state index in [1.54, 1.807) is 0 Å². The summed E-state index contributed by atoms with van der Waals surface area (Å²) in [5.74, 6) is -1.68. The molecule has 0 amide bonds. The smallest absolute Gasteiger partial charge is 0.352 e. The molecule has 15 heavy (non-hydrogen) atoms. The number of hydrogen-bond acceptors (Lipinski definition) is 2. The predicted octanol–water partition coefficient (Wildman–Crippen LogP) is 1.75. The Balaban J connectivity index is 3.42. The van der Waals surface area contributed by atoms with Crippen molar-refractivity contribution in [3.63, 3.8) is 0 Å². The highest BCUT2D eigenvalue weighted by molar-refractivity contribution is 6.17. The van der Waals surface area contributed by atoms with Gasteiger partial charge in [-0.25, -0.2) is 13.6 Å². The van der Waals surface area contributed by atoms with E-state index in [1.807, 2.05) is 4.98 Å². The minimum Gasteiger partial charge on any atom is -0.477 e. The second-order valence-corrected chi connectivity index (χ2v) is 2.96. The molecule has 0 aliphatic heterocycles. The Labute approximate surface area is 87.5 Å². The van der Waals surface area contributed by atoms with Crippen LogP contribution in [-0.2, 0) is 5.88 Å². The van der Waals surface area contributed by atoms with Crippen LogP contribution in [0.5, 0.6) is 0 Å². The Bertz CT molecular complexity index is 444. The molecule has 0 aliphatic carbocycles. The number of nitrogens with one attached hydrogen (secondary N) is 1. The molecule has 1 heterocycles. The first-order chi connectivity index (χ1) is 6.97. The molecule has 4 nitrogen and oxygen atoms in total. The summed E-state index contributed by atoms with van der Waals surface area (Å²) in [5.41, 5.74) is -2.40. The van der Waals surface area contributed by atoms with Gasteiger partial charge in [-0.15, -0.1) is 11.6 Å². The number of carbonyl (C=O) groups is 1. The van der Waals surface area contributed by atoms with Crippen molar-refractivity contribution in [2.75, 3.05) is 0 Å². The van der Waals surface area contributed by atoms with Crippen LogP contribution in [0.15, 0.2) is 10.9 Å². The van der Waals surface area contributed by atoms with E-state index in [-0.39, 0.29) is 11.4 Å². The average molecular weight is 238 g/mol. The molecule has 1 aromatic rings. The van der Waals surface area contributed by atoms with Crippen molar-refractivity contribution in [3.8, 4) is 0 Å². The van der Waals surface area contributed by atoms with E-state index in [2.05, 4.69) is 0 Å². The van der Waals surface area contributed by atoms with Crippen molar-refractivity contribution >= 4 is 17.6 Å². The molecule has 82 valence electrons. The number of rotatable bonds is 3. The number of aromatic nitrogens is 1. The summed E-state index contributed by atoms with van der Waals surface area (Å²) in [6.07, 6.45) is -2.96. The van der Waals surface area contributed by atoms with Crippen molar-refractivity contribution in [2.24, 2.45) is 0 Å². The molecular formula is C8H6ClF2NO3. The molecule has 7 heteroatoms. The summed E-state index contributed by atoms with van der Waals surface area (Å²) in [4.78, 5) is 23.5. The molecule has 0 unspecified atom stereocenters. The molecule has 0 fully saturated rings. The van der Waals surface area contributed by atoms with Gasteiger partial charge in [0.1, 0.15) is 5.69 Å². The third kappa shape index (κ3) is 2.33. The topological polar surface area (TPSA) is 70.2 Å². The average Bonchev–Trinajstić information content (AvgIpc) is 2.16. The van der Waals surface area contributed by atoms with Gasteiger partial charge in [0, 0.05) is 5.88 Å². The Hall–Kier alpha value is -1.43. The number of alkyl halides is 3. The molecule has 0 bridgehead atoms. The van der Waals surface area contributed by atoms with Crippen LogP contribution in [0, 0.1) is 0 Å². The molecule has 2 N–H and O–H groups in total. The SMILES string of the molecule is O=C(O)c1[nH]c(=O)c(C(F)F)cc1CCl. The first-order valence-electron chi connectivity index (χ1n) is 3.81. The van der Waals surface area contributed by atoms with Crippen molar-refractivity contribution in [1.29, 1.82) is 0 Å². The Kier molecular flexibility index (Phi) is 3.41. The molecule has 0 aromatic carbocycles. The fraction of sp³-hybridized carbons (Fsp3) is 0.250. The van der Waals surface area contributed by atoms with E-state index in [1.165, 1.54) is 0 Å². The number of hydrogen-bond donors (Lipinski definition) is 2. The monoisotopic (exact) mass is 237 g/mol. The number of H-pyrrole nitrogens is 1. The van der Waals surface area contributed by atoms with Crippen LogP contribution in [0.4, 0.5) is 8.78 Å². The molecule has 0 atom stereocenters. The Morgan fingerprint density at radius 2 is 2.20 bits per heavy atom. The largest absolute Gasteiger partial charge is 0.477 e. The van der Waals surface area contributed by atoms with E-state index >= 15 is 0 Å². The lowest BCUT2D eigenvalue weighted by molar-refractivity contribution is 0.0688. The quantitative estimate of drug-likeness (QED) is 0.787. The number of pyridine rings is 1. The minimum absolute atomic E-state index is 0.0425. The summed E-state index contributed by atoms with van der Waals surface area (Å²) >= 11 is 5.37. The standard InChI is InChI=1S/C8H6ClF2NO3/c9-2-3-1-4(6(10)11)7(13)12-5(3)8(14)15/h1,6H,2H2,(H,12,13)(H,14,15). The van der Waals surface area contributed by atoms with Gasteiger partial charge >= 0.3 is 5.97 Å². The van der Waals surface area contributed by atoms with Gasteiger partial charge in [-0.1, -0.05) is 0 Å². The Morgan fingerprint density at radius 1 is 1.60 bits per heavy atom. The zero-order chi connectivity index (χ0) is 11.6. The lowest BCUT2D eigenvalue weighted by Crippen LogP contribution is -2.19. The zero-order valence-corrected chi connectivity index (χ0v) is 8.02. The molecule has 0 radical (unpaired) electrons.